The fourth-order valence-corrected chi connectivity index (χ4v) is 2.91. The summed E-state index contributed by atoms with van der Waals surface area (Å²) in [5, 5.41) is 2.75. The number of benzene rings is 3. The zero-order valence-electron chi connectivity index (χ0n) is 9.70. The van der Waals surface area contributed by atoms with E-state index in [1.54, 1.807) is 0 Å². The Balaban J connectivity index is 2.26. The molecule has 0 bridgehead atoms. The van der Waals surface area contributed by atoms with Crippen LogP contribution in [0.1, 0.15) is 5.56 Å². The van der Waals surface area contributed by atoms with Gasteiger partial charge in [-0.05, 0) is 39.9 Å². The Hall–Kier alpha value is -2.08. The van der Waals surface area contributed by atoms with Crippen LogP contribution in [-0.2, 0) is 0 Å². The fourth-order valence-electron chi connectivity index (χ4n) is 2.91. The second-order valence-electron chi connectivity index (χ2n) is 4.76. The maximum Gasteiger partial charge on any atom is -0.00264 e. The van der Waals surface area contributed by atoms with Gasteiger partial charge >= 0.3 is 0 Å². The molecule has 3 aromatic carbocycles. The first kappa shape index (κ1) is 9.00. The minimum absolute atomic E-state index is 1.33. The van der Waals surface area contributed by atoms with Crippen molar-refractivity contribution in [3.63, 3.8) is 0 Å². The molecule has 3 aromatic rings. The van der Waals surface area contributed by atoms with Gasteiger partial charge in [0.05, 0.1) is 0 Å². The van der Waals surface area contributed by atoms with Gasteiger partial charge in [0.25, 0.3) is 0 Å². The summed E-state index contributed by atoms with van der Waals surface area (Å²) in [6, 6.07) is 19.9. The lowest BCUT2D eigenvalue weighted by Gasteiger charge is -2.02. The molecule has 0 N–H and O–H groups in total. The minimum atomic E-state index is 1.33. The van der Waals surface area contributed by atoms with E-state index in [9.17, 15) is 0 Å². The first-order chi connectivity index (χ1) is 8.34. The van der Waals surface area contributed by atoms with Crippen molar-refractivity contribution in [2.45, 2.75) is 6.92 Å². The Morgan fingerprint density at radius 1 is 0.647 bits per heavy atom. The van der Waals surface area contributed by atoms with Gasteiger partial charge in [0.15, 0.2) is 0 Å². The van der Waals surface area contributed by atoms with Crippen molar-refractivity contribution in [2.75, 3.05) is 0 Å². The molecule has 0 atom stereocenters. The Bertz CT molecular complexity index is 746. The monoisotopic (exact) mass is 216 g/mol. The molecule has 0 heterocycles. The molecule has 1 aliphatic rings. The number of fused-ring (bicyclic) bond motifs is 3. The number of hydrogen-bond acceptors (Lipinski definition) is 0. The summed E-state index contributed by atoms with van der Waals surface area (Å²) in [5.41, 5.74) is 6.86. The lowest BCUT2D eigenvalue weighted by atomic mass is 10.0. The lowest BCUT2D eigenvalue weighted by Crippen LogP contribution is -1.77. The zero-order chi connectivity index (χ0) is 11.4. The number of aryl methyl sites for hydroxylation is 1. The van der Waals surface area contributed by atoms with Crippen molar-refractivity contribution >= 4 is 10.8 Å². The lowest BCUT2D eigenvalue weighted by molar-refractivity contribution is 1.48. The van der Waals surface area contributed by atoms with Crippen molar-refractivity contribution in [1.82, 2.24) is 0 Å². The van der Waals surface area contributed by atoms with Crippen LogP contribution < -0.4 is 0 Å². The van der Waals surface area contributed by atoms with Gasteiger partial charge in [0.2, 0.25) is 0 Å². The maximum atomic E-state index is 2.30. The van der Waals surface area contributed by atoms with Crippen LogP contribution in [0.15, 0.2) is 54.6 Å². The van der Waals surface area contributed by atoms with Gasteiger partial charge < -0.3 is 0 Å². The molecule has 0 radical (unpaired) electrons. The highest BCUT2D eigenvalue weighted by Gasteiger charge is 2.20. The summed E-state index contributed by atoms with van der Waals surface area (Å²) in [6.45, 7) is 2.16. The van der Waals surface area contributed by atoms with Gasteiger partial charge in [-0.1, -0.05) is 60.2 Å². The third kappa shape index (κ3) is 1.07. The van der Waals surface area contributed by atoms with Crippen molar-refractivity contribution in [3.8, 4) is 22.3 Å². The van der Waals surface area contributed by atoms with Crippen LogP contribution in [0, 0.1) is 6.92 Å². The van der Waals surface area contributed by atoms with E-state index in [4.69, 9.17) is 0 Å². The van der Waals surface area contributed by atoms with Crippen molar-refractivity contribution in [1.29, 1.82) is 0 Å². The normalized spacial score (nSPS) is 11.8. The molecular weight excluding hydrogens is 204 g/mol. The summed E-state index contributed by atoms with van der Waals surface area (Å²) in [5.74, 6) is 0. The molecule has 0 unspecified atom stereocenters. The first-order valence-corrected chi connectivity index (χ1v) is 5.98. The molecule has 1 aliphatic carbocycles. The molecule has 0 amide bonds. The SMILES string of the molecule is Cc1ccc2c(c1)-c1cccc3cccc-2c13. The van der Waals surface area contributed by atoms with Gasteiger partial charge in [-0.2, -0.15) is 0 Å². The third-order valence-electron chi connectivity index (χ3n) is 3.66. The summed E-state index contributed by atoms with van der Waals surface area (Å²) in [6.07, 6.45) is 0. The smallest absolute Gasteiger partial charge is 0.00264 e. The molecule has 0 nitrogen and oxygen atoms in total. The topological polar surface area (TPSA) is 0 Å². The molecule has 17 heavy (non-hydrogen) atoms. The highest BCUT2D eigenvalue weighted by atomic mass is 14.2. The fraction of sp³-hybridized carbons (Fsp3) is 0.0588. The van der Waals surface area contributed by atoms with E-state index in [1.165, 1.54) is 38.6 Å². The molecule has 0 heteroatoms. The van der Waals surface area contributed by atoms with E-state index in [-0.39, 0.29) is 0 Å². The summed E-state index contributed by atoms with van der Waals surface area (Å²) < 4.78 is 0. The standard InChI is InChI=1S/C17H12/c1-11-8-9-13-14-6-2-4-12-5-3-7-15(17(12)14)16(13)10-11/h2-10H,1H3. The van der Waals surface area contributed by atoms with Crippen molar-refractivity contribution in [3.05, 3.63) is 60.2 Å². The molecule has 0 aromatic heterocycles. The Kier molecular flexibility index (Phi) is 1.58. The van der Waals surface area contributed by atoms with E-state index in [0.717, 1.165) is 0 Å². The van der Waals surface area contributed by atoms with E-state index >= 15 is 0 Å². The maximum absolute atomic E-state index is 2.30. The van der Waals surface area contributed by atoms with E-state index in [2.05, 4.69) is 61.5 Å². The molecular formula is C17H12. The van der Waals surface area contributed by atoms with Gasteiger partial charge in [0, 0.05) is 0 Å². The van der Waals surface area contributed by atoms with Crippen LogP contribution in [0.25, 0.3) is 33.0 Å². The molecule has 4 rings (SSSR count). The quantitative estimate of drug-likeness (QED) is 0.396. The van der Waals surface area contributed by atoms with Crippen LogP contribution >= 0.6 is 0 Å². The third-order valence-corrected chi connectivity index (χ3v) is 3.66. The molecule has 0 fully saturated rings. The molecule has 0 aliphatic heterocycles. The summed E-state index contributed by atoms with van der Waals surface area (Å²) >= 11 is 0. The molecule has 80 valence electrons. The number of hydrogen-bond donors (Lipinski definition) is 0. The van der Waals surface area contributed by atoms with Crippen molar-refractivity contribution < 1.29 is 0 Å². The van der Waals surface area contributed by atoms with Gasteiger partial charge in [-0.3, -0.25) is 0 Å². The van der Waals surface area contributed by atoms with Gasteiger partial charge in [-0.25, -0.2) is 0 Å². The van der Waals surface area contributed by atoms with E-state index < -0.39 is 0 Å². The highest BCUT2D eigenvalue weighted by Crippen LogP contribution is 2.46. The highest BCUT2D eigenvalue weighted by molar-refractivity contribution is 6.15. The predicted molar refractivity (Wildman–Crippen MR) is 73.1 cm³/mol. The average Bonchev–Trinajstić information content (AvgIpc) is 2.67. The van der Waals surface area contributed by atoms with E-state index in [0.29, 0.717) is 0 Å². The Morgan fingerprint density at radius 3 is 2.12 bits per heavy atom. The number of rotatable bonds is 0. The zero-order valence-corrected chi connectivity index (χ0v) is 9.70. The van der Waals surface area contributed by atoms with Crippen LogP contribution in [0.5, 0.6) is 0 Å². The largest absolute Gasteiger partial charge is 0.0610 e. The Morgan fingerprint density at radius 2 is 1.35 bits per heavy atom. The predicted octanol–water partition coefficient (Wildman–Crippen LogP) is 4.80. The average molecular weight is 216 g/mol. The van der Waals surface area contributed by atoms with Crippen LogP contribution in [0.2, 0.25) is 0 Å². The minimum Gasteiger partial charge on any atom is -0.0610 e. The Labute approximate surface area is 101 Å². The van der Waals surface area contributed by atoms with E-state index in [1.807, 2.05) is 0 Å². The molecule has 0 saturated heterocycles. The first-order valence-electron chi connectivity index (χ1n) is 5.98. The van der Waals surface area contributed by atoms with Gasteiger partial charge in [-0.15, -0.1) is 0 Å². The van der Waals surface area contributed by atoms with Crippen LogP contribution in [-0.4, -0.2) is 0 Å². The molecule has 0 spiro atoms. The van der Waals surface area contributed by atoms with Crippen molar-refractivity contribution in [2.24, 2.45) is 0 Å². The second kappa shape index (κ2) is 2.98. The summed E-state index contributed by atoms with van der Waals surface area (Å²) in [7, 11) is 0. The second-order valence-corrected chi connectivity index (χ2v) is 4.76. The molecule has 0 saturated carbocycles. The summed E-state index contributed by atoms with van der Waals surface area (Å²) in [4.78, 5) is 0. The van der Waals surface area contributed by atoms with Gasteiger partial charge in [0.1, 0.15) is 0 Å². The van der Waals surface area contributed by atoms with Crippen LogP contribution in [0.3, 0.4) is 0 Å². The van der Waals surface area contributed by atoms with Crippen LogP contribution in [0.4, 0.5) is 0 Å².